The number of hydrogen-bond acceptors (Lipinski definition) is 4. The van der Waals surface area contributed by atoms with Gasteiger partial charge in [-0.15, -0.1) is 24.8 Å². The Labute approximate surface area is 180 Å². The van der Waals surface area contributed by atoms with Gasteiger partial charge in [0, 0.05) is 17.3 Å². The molecule has 0 aliphatic carbocycles. The van der Waals surface area contributed by atoms with Gasteiger partial charge in [0.15, 0.2) is 0 Å². The Morgan fingerprint density at radius 3 is 2.43 bits per heavy atom. The van der Waals surface area contributed by atoms with Gasteiger partial charge in [-0.1, -0.05) is 19.4 Å². The number of nitrogens with one attached hydrogen (secondary N) is 3. The fourth-order valence-electron chi connectivity index (χ4n) is 3.48. The topological polar surface area (TPSA) is 73.5 Å². The SMILES string of the molecule is Cc1ccc(NC(=O)C(C)C2CNC2)cc1NC(=O)CN1CCCCC1.Cl.Cl. The van der Waals surface area contributed by atoms with Crippen molar-refractivity contribution in [3.8, 4) is 0 Å². The van der Waals surface area contributed by atoms with E-state index in [-0.39, 0.29) is 42.5 Å². The van der Waals surface area contributed by atoms with Gasteiger partial charge in [0.2, 0.25) is 11.8 Å². The lowest BCUT2D eigenvalue weighted by atomic mass is 9.88. The number of nitrogens with zero attached hydrogens (tertiary/aromatic N) is 1. The molecule has 2 saturated heterocycles. The fraction of sp³-hybridized carbons (Fsp3) is 0.600. The van der Waals surface area contributed by atoms with Crippen molar-refractivity contribution in [1.29, 1.82) is 0 Å². The van der Waals surface area contributed by atoms with Gasteiger partial charge in [0.25, 0.3) is 0 Å². The van der Waals surface area contributed by atoms with E-state index in [4.69, 9.17) is 0 Å². The molecule has 0 aromatic heterocycles. The molecule has 3 rings (SSSR count). The highest BCUT2D eigenvalue weighted by Gasteiger charge is 2.28. The number of amides is 2. The van der Waals surface area contributed by atoms with Crippen LogP contribution in [0.3, 0.4) is 0 Å². The first-order chi connectivity index (χ1) is 12.5. The lowest BCUT2D eigenvalue weighted by Gasteiger charge is -2.31. The fourth-order valence-corrected chi connectivity index (χ4v) is 3.48. The summed E-state index contributed by atoms with van der Waals surface area (Å²) < 4.78 is 0. The number of carbonyl (C=O) groups is 2. The molecule has 6 nitrogen and oxygen atoms in total. The minimum atomic E-state index is -0.0188. The minimum absolute atomic E-state index is 0. The molecule has 0 radical (unpaired) electrons. The van der Waals surface area contributed by atoms with Crippen LogP contribution < -0.4 is 16.0 Å². The zero-order valence-electron chi connectivity index (χ0n) is 16.6. The monoisotopic (exact) mass is 430 g/mol. The van der Waals surface area contributed by atoms with E-state index >= 15 is 0 Å². The quantitative estimate of drug-likeness (QED) is 0.648. The summed E-state index contributed by atoms with van der Waals surface area (Å²) in [4.78, 5) is 27.0. The molecule has 2 aliphatic rings. The first kappa shape index (κ1) is 24.7. The Balaban J connectivity index is 0.00000196. The van der Waals surface area contributed by atoms with Crippen LogP contribution in [0.25, 0.3) is 0 Å². The molecule has 2 aliphatic heterocycles. The van der Waals surface area contributed by atoms with Crippen LogP contribution in [0.15, 0.2) is 18.2 Å². The van der Waals surface area contributed by atoms with Gasteiger partial charge in [0.1, 0.15) is 0 Å². The molecule has 28 heavy (non-hydrogen) atoms. The lowest BCUT2D eigenvalue weighted by Crippen LogP contribution is -2.48. The summed E-state index contributed by atoms with van der Waals surface area (Å²) in [6, 6.07) is 5.67. The molecule has 158 valence electrons. The van der Waals surface area contributed by atoms with Crippen molar-refractivity contribution in [1.82, 2.24) is 10.2 Å². The number of aryl methyl sites for hydroxylation is 1. The third kappa shape index (κ3) is 6.62. The Bertz CT molecular complexity index is 662. The predicted octanol–water partition coefficient (Wildman–Crippen LogP) is 3.06. The van der Waals surface area contributed by atoms with Crippen molar-refractivity contribution in [3.05, 3.63) is 23.8 Å². The van der Waals surface area contributed by atoms with Crippen LogP contribution in [-0.4, -0.2) is 49.4 Å². The summed E-state index contributed by atoms with van der Waals surface area (Å²) in [5.41, 5.74) is 2.49. The normalized spacial score (nSPS) is 18.1. The first-order valence-corrected chi connectivity index (χ1v) is 9.67. The Kier molecular flexibility index (Phi) is 10.2. The zero-order chi connectivity index (χ0) is 18.5. The second-order valence-electron chi connectivity index (χ2n) is 7.61. The van der Waals surface area contributed by atoms with Crippen LogP contribution in [0.5, 0.6) is 0 Å². The maximum Gasteiger partial charge on any atom is 0.238 e. The van der Waals surface area contributed by atoms with Crippen LogP contribution >= 0.6 is 24.8 Å². The predicted molar refractivity (Wildman–Crippen MR) is 119 cm³/mol. The summed E-state index contributed by atoms with van der Waals surface area (Å²) in [5.74, 6) is 0.428. The number of halogens is 2. The minimum Gasteiger partial charge on any atom is -0.326 e. The number of hydrogen-bond donors (Lipinski definition) is 3. The molecule has 8 heteroatoms. The molecule has 1 unspecified atom stereocenters. The van der Waals surface area contributed by atoms with Crippen LogP contribution in [0.4, 0.5) is 11.4 Å². The smallest absolute Gasteiger partial charge is 0.238 e. The molecule has 2 fully saturated rings. The lowest BCUT2D eigenvalue weighted by molar-refractivity contribution is -0.121. The molecule has 2 amide bonds. The van der Waals surface area contributed by atoms with Gasteiger partial charge in [0.05, 0.1) is 6.54 Å². The van der Waals surface area contributed by atoms with E-state index < -0.39 is 0 Å². The van der Waals surface area contributed by atoms with Crippen molar-refractivity contribution in [2.24, 2.45) is 11.8 Å². The van der Waals surface area contributed by atoms with E-state index in [1.165, 1.54) is 19.3 Å². The van der Waals surface area contributed by atoms with E-state index in [0.29, 0.717) is 12.5 Å². The van der Waals surface area contributed by atoms with E-state index in [1.54, 1.807) is 0 Å². The molecule has 0 spiro atoms. The van der Waals surface area contributed by atoms with Gasteiger partial charge in [-0.25, -0.2) is 0 Å². The van der Waals surface area contributed by atoms with Crippen LogP contribution in [0, 0.1) is 18.8 Å². The van der Waals surface area contributed by atoms with Gasteiger partial charge in [-0.3, -0.25) is 14.5 Å². The largest absolute Gasteiger partial charge is 0.326 e. The van der Waals surface area contributed by atoms with E-state index in [1.807, 2.05) is 32.0 Å². The van der Waals surface area contributed by atoms with Crippen LogP contribution in [0.2, 0.25) is 0 Å². The average Bonchev–Trinajstić information content (AvgIpc) is 2.57. The number of carbonyl (C=O) groups excluding carboxylic acids is 2. The molecular weight excluding hydrogens is 399 g/mol. The van der Waals surface area contributed by atoms with Crippen molar-refractivity contribution < 1.29 is 9.59 Å². The maximum atomic E-state index is 12.4. The van der Waals surface area contributed by atoms with E-state index in [0.717, 1.165) is 43.1 Å². The molecule has 0 bridgehead atoms. The Hall–Kier alpha value is -1.34. The summed E-state index contributed by atoms with van der Waals surface area (Å²) in [7, 11) is 0. The molecule has 3 N–H and O–H groups in total. The number of benzene rings is 1. The second-order valence-corrected chi connectivity index (χ2v) is 7.61. The molecule has 2 heterocycles. The summed E-state index contributed by atoms with van der Waals surface area (Å²) in [6.07, 6.45) is 3.60. The van der Waals surface area contributed by atoms with E-state index in [2.05, 4.69) is 20.9 Å². The summed E-state index contributed by atoms with van der Waals surface area (Å²) in [5, 5.41) is 9.19. The number of likely N-dealkylation sites (tertiary alicyclic amines) is 1. The summed E-state index contributed by atoms with van der Waals surface area (Å²) >= 11 is 0. The van der Waals surface area contributed by atoms with Gasteiger partial charge >= 0.3 is 0 Å². The third-order valence-electron chi connectivity index (χ3n) is 5.53. The second kappa shape index (κ2) is 11.6. The summed E-state index contributed by atoms with van der Waals surface area (Å²) in [6.45, 7) is 8.16. The highest BCUT2D eigenvalue weighted by molar-refractivity contribution is 5.96. The van der Waals surface area contributed by atoms with Crippen LogP contribution in [-0.2, 0) is 9.59 Å². The number of anilines is 2. The van der Waals surface area contributed by atoms with Crippen molar-refractivity contribution >= 4 is 48.0 Å². The zero-order valence-corrected chi connectivity index (χ0v) is 18.3. The number of piperidine rings is 1. The first-order valence-electron chi connectivity index (χ1n) is 9.67. The number of rotatable bonds is 6. The van der Waals surface area contributed by atoms with Crippen LogP contribution in [0.1, 0.15) is 31.7 Å². The van der Waals surface area contributed by atoms with Crippen molar-refractivity contribution in [2.75, 3.05) is 43.4 Å². The van der Waals surface area contributed by atoms with Gasteiger partial charge in [-0.05, 0) is 69.6 Å². The Morgan fingerprint density at radius 2 is 1.82 bits per heavy atom. The highest BCUT2D eigenvalue weighted by Crippen LogP contribution is 2.23. The van der Waals surface area contributed by atoms with Crippen molar-refractivity contribution in [2.45, 2.75) is 33.1 Å². The Morgan fingerprint density at radius 1 is 1.14 bits per heavy atom. The molecule has 1 aromatic rings. The standard InChI is InChI=1S/C20H30N4O2.2ClH/c1-14-6-7-17(22-20(26)15(2)16-11-21-12-16)10-18(14)23-19(25)13-24-8-4-3-5-9-24;;/h6-7,10,15-16,21H,3-5,8-9,11-13H2,1-2H3,(H,22,26)(H,23,25);2*1H. The molecule has 1 aromatic carbocycles. The highest BCUT2D eigenvalue weighted by atomic mass is 35.5. The van der Waals surface area contributed by atoms with Crippen molar-refractivity contribution in [3.63, 3.8) is 0 Å². The molecular formula is C20H32Cl2N4O2. The van der Waals surface area contributed by atoms with Gasteiger partial charge in [-0.2, -0.15) is 0 Å². The molecule has 0 saturated carbocycles. The molecule has 1 atom stereocenters. The van der Waals surface area contributed by atoms with Gasteiger partial charge < -0.3 is 16.0 Å². The van der Waals surface area contributed by atoms with E-state index in [9.17, 15) is 9.59 Å². The third-order valence-corrected chi connectivity index (χ3v) is 5.53. The average molecular weight is 431 g/mol. The maximum absolute atomic E-state index is 12.4.